The molecule has 0 aliphatic carbocycles. The molecule has 1 aliphatic heterocycles. The number of aromatic nitrogens is 2. The number of nitrogens with zero attached hydrogens (tertiary/aromatic N) is 2. The number of rotatable bonds is 3. The van der Waals surface area contributed by atoms with Gasteiger partial charge in [0.15, 0.2) is 5.82 Å². The molecule has 2 heterocycles. The van der Waals surface area contributed by atoms with Gasteiger partial charge < -0.3 is 10.6 Å². The second-order valence-electron chi connectivity index (χ2n) is 5.87. The van der Waals surface area contributed by atoms with Crippen molar-refractivity contribution in [2.24, 2.45) is 0 Å². The van der Waals surface area contributed by atoms with Crippen molar-refractivity contribution in [2.75, 3.05) is 10.6 Å². The summed E-state index contributed by atoms with van der Waals surface area (Å²) < 4.78 is 1.96. The Kier molecular flexibility index (Phi) is 4.14. The summed E-state index contributed by atoms with van der Waals surface area (Å²) >= 11 is 0. The number of nitrogens with one attached hydrogen (secondary N) is 2. The van der Waals surface area contributed by atoms with E-state index in [9.17, 15) is 9.59 Å². The second kappa shape index (κ2) is 6.24. The molecule has 3 rings (SSSR count). The monoisotopic (exact) mass is 312 g/mol. The van der Waals surface area contributed by atoms with Gasteiger partial charge in [-0.25, -0.2) is 0 Å². The summed E-state index contributed by atoms with van der Waals surface area (Å²) in [7, 11) is 0. The van der Waals surface area contributed by atoms with Gasteiger partial charge in [0, 0.05) is 36.5 Å². The van der Waals surface area contributed by atoms with Crippen LogP contribution in [0.4, 0.5) is 11.5 Å². The third kappa shape index (κ3) is 3.41. The van der Waals surface area contributed by atoms with Crippen LogP contribution in [-0.2, 0) is 17.8 Å². The molecule has 23 heavy (non-hydrogen) atoms. The second-order valence-corrected chi connectivity index (χ2v) is 5.87. The van der Waals surface area contributed by atoms with E-state index in [0.29, 0.717) is 17.1 Å². The summed E-state index contributed by atoms with van der Waals surface area (Å²) in [5.41, 5.74) is 3.21. The molecule has 1 aromatic carbocycles. The maximum atomic E-state index is 12.4. The fraction of sp³-hybridized carbons (Fsp3) is 0.353. The fourth-order valence-electron chi connectivity index (χ4n) is 2.76. The first-order valence-electron chi connectivity index (χ1n) is 7.79. The summed E-state index contributed by atoms with van der Waals surface area (Å²) in [6.45, 7) is 4.24. The van der Waals surface area contributed by atoms with E-state index in [1.54, 1.807) is 12.1 Å². The zero-order chi connectivity index (χ0) is 16.4. The quantitative estimate of drug-likeness (QED) is 0.915. The predicted molar refractivity (Wildman–Crippen MR) is 88.6 cm³/mol. The van der Waals surface area contributed by atoms with E-state index in [4.69, 9.17) is 0 Å². The maximum Gasteiger partial charge on any atom is 0.256 e. The Hall–Kier alpha value is -2.63. The van der Waals surface area contributed by atoms with Gasteiger partial charge in [0.2, 0.25) is 5.91 Å². The summed E-state index contributed by atoms with van der Waals surface area (Å²) in [6, 6.07) is 7.17. The highest BCUT2D eigenvalue weighted by Crippen LogP contribution is 2.20. The minimum absolute atomic E-state index is 0.160. The SMILES string of the molecule is CC(=O)Nc1cc(C(=O)Nc2cc3n(n2)CCCC3)ccc1C. The van der Waals surface area contributed by atoms with E-state index in [2.05, 4.69) is 15.7 Å². The van der Waals surface area contributed by atoms with Crippen LogP contribution in [0.5, 0.6) is 0 Å². The number of aryl methyl sites for hydroxylation is 3. The molecule has 0 atom stereocenters. The van der Waals surface area contributed by atoms with E-state index in [1.165, 1.54) is 6.92 Å². The lowest BCUT2D eigenvalue weighted by Crippen LogP contribution is -2.15. The minimum Gasteiger partial charge on any atom is -0.326 e. The van der Waals surface area contributed by atoms with E-state index in [0.717, 1.165) is 37.1 Å². The zero-order valence-electron chi connectivity index (χ0n) is 13.3. The van der Waals surface area contributed by atoms with Gasteiger partial charge in [0.05, 0.1) is 0 Å². The molecule has 2 N–H and O–H groups in total. The molecule has 2 aromatic rings. The zero-order valence-corrected chi connectivity index (χ0v) is 13.3. The molecule has 2 amide bonds. The topological polar surface area (TPSA) is 76.0 Å². The smallest absolute Gasteiger partial charge is 0.256 e. The van der Waals surface area contributed by atoms with Gasteiger partial charge >= 0.3 is 0 Å². The molecule has 0 fully saturated rings. The molecule has 6 heteroatoms. The molecule has 6 nitrogen and oxygen atoms in total. The summed E-state index contributed by atoms with van der Waals surface area (Å²) in [4.78, 5) is 23.6. The van der Waals surface area contributed by atoms with Crippen molar-refractivity contribution < 1.29 is 9.59 Å². The number of carbonyl (C=O) groups is 2. The van der Waals surface area contributed by atoms with E-state index in [-0.39, 0.29) is 11.8 Å². The first-order chi connectivity index (χ1) is 11.0. The van der Waals surface area contributed by atoms with Crippen LogP contribution in [0.1, 0.15) is 41.4 Å². The van der Waals surface area contributed by atoms with Gasteiger partial charge in [-0.3, -0.25) is 14.3 Å². The van der Waals surface area contributed by atoms with Crippen LogP contribution in [-0.4, -0.2) is 21.6 Å². The summed E-state index contributed by atoms with van der Waals surface area (Å²) in [5, 5.41) is 9.98. The highest BCUT2D eigenvalue weighted by Gasteiger charge is 2.15. The van der Waals surface area contributed by atoms with Gasteiger partial charge in [-0.05, 0) is 43.9 Å². The molecule has 0 saturated carbocycles. The van der Waals surface area contributed by atoms with Crippen molar-refractivity contribution in [3.63, 3.8) is 0 Å². The van der Waals surface area contributed by atoms with Crippen molar-refractivity contribution in [1.82, 2.24) is 9.78 Å². The van der Waals surface area contributed by atoms with Crippen LogP contribution in [0.2, 0.25) is 0 Å². The van der Waals surface area contributed by atoms with Crippen LogP contribution in [0.15, 0.2) is 24.3 Å². The standard InChI is InChI=1S/C17H20N4O2/c1-11-6-7-13(9-15(11)18-12(2)22)17(23)19-16-10-14-5-3-4-8-21(14)20-16/h6-7,9-10H,3-5,8H2,1-2H3,(H,18,22)(H,19,20,23). The van der Waals surface area contributed by atoms with Gasteiger partial charge in [0.25, 0.3) is 5.91 Å². The fourth-order valence-corrected chi connectivity index (χ4v) is 2.76. The van der Waals surface area contributed by atoms with Crippen LogP contribution >= 0.6 is 0 Å². The van der Waals surface area contributed by atoms with Crippen molar-refractivity contribution >= 4 is 23.3 Å². The van der Waals surface area contributed by atoms with Crippen LogP contribution in [0.3, 0.4) is 0 Å². The molecule has 0 spiro atoms. The number of benzene rings is 1. The Balaban J connectivity index is 1.77. The molecule has 1 aromatic heterocycles. The molecule has 0 saturated heterocycles. The van der Waals surface area contributed by atoms with Crippen molar-refractivity contribution in [3.05, 3.63) is 41.1 Å². The van der Waals surface area contributed by atoms with Crippen LogP contribution < -0.4 is 10.6 Å². The lowest BCUT2D eigenvalue weighted by Gasteiger charge is -2.11. The van der Waals surface area contributed by atoms with Crippen LogP contribution in [0.25, 0.3) is 0 Å². The lowest BCUT2D eigenvalue weighted by molar-refractivity contribution is -0.114. The molecule has 1 aliphatic rings. The van der Waals surface area contributed by atoms with E-state index < -0.39 is 0 Å². The van der Waals surface area contributed by atoms with Gasteiger partial charge in [-0.15, -0.1) is 0 Å². The number of amides is 2. The molecule has 0 bridgehead atoms. The molecular weight excluding hydrogens is 292 g/mol. The number of carbonyl (C=O) groups excluding carboxylic acids is 2. The minimum atomic E-state index is -0.230. The molecule has 0 radical (unpaired) electrons. The normalized spacial score (nSPS) is 13.3. The maximum absolute atomic E-state index is 12.4. The number of fused-ring (bicyclic) bond motifs is 1. The number of hydrogen-bond donors (Lipinski definition) is 2. The number of anilines is 2. The van der Waals surface area contributed by atoms with Gasteiger partial charge in [-0.2, -0.15) is 5.10 Å². The molecular formula is C17H20N4O2. The third-order valence-electron chi connectivity index (χ3n) is 3.97. The summed E-state index contributed by atoms with van der Waals surface area (Å²) in [5.74, 6) is 0.188. The van der Waals surface area contributed by atoms with Gasteiger partial charge in [0.1, 0.15) is 0 Å². The highest BCUT2D eigenvalue weighted by atomic mass is 16.2. The number of hydrogen-bond acceptors (Lipinski definition) is 3. The Bertz CT molecular complexity index is 740. The largest absolute Gasteiger partial charge is 0.326 e. The third-order valence-corrected chi connectivity index (χ3v) is 3.97. The predicted octanol–water partition coefficient (Wildman–Crippen LogP) is 2.74. The van der Waals surface area contributed by atoms with Gasteiger partial charge in [-0.1, -0.05) is 6.07 Å². The van der Waals surface area contributed by atoms with E-state index >= 15 is 0 Å². The van der Waals surface area contributed by atoms with Crippen molar-refractivity contribution in [3.8, 4) is 0 Å². The molecule has 0 unspecified atom stereocenters. The van der Waals surface area contributed by atoms with Crippen LogP contribution in [0, 0.1) is 6.92 Å². The van der Waals surface area contributed by atoms with Crippen molar-refractivity contribution in [2.45, 2.75) is 39.7 Å². The average Bonchev–Trinajstić information content (AvgIpc) is 2.91. The van der Waals surface area contributed by atoms with E-state index in [1.807, 2.05) is 23.7 Å². The summed E-state index contributed by atoms with van der Waals surface area (Å²) in [6.07, 6.45) is 3.29. The first-order valence-corrected chi connectivity index (χ1v) is 7.79. The van der Waals surface area contributed by atoms with Crippen molar-refractivity contribution in [1.29, 1.82) is 0 Å². The highest BCUT2D eigenvalue weighted by molar-refractivity contribution is 6.05. The Morgan fingerprint density at radius 3 is 2.74 bits per heavy atom. The first kappa shape index (κ1) is 15.3. The Morgan fingerprint density at radius 1 is 1.17 bits per heavy atom. The Morgan fingerprint density at radius 2 is 2.00 bits per heavy atom. The Labute approximate surface area is 134 Å². The average molecular weight is 312 g/mol. The lowest BCUT2D eigenvalue weighted by atomic mass is 10.1. The molecule has 120 valence electrons.